The van der Waals surface area contributed by atoms with Gasteiger partial charge in [-0.3, -0.25) is 4.90 Å². The lowest BCUT2D eigenvalue weighted by molar-refractivity contribution is 0.132. The van der Waals surface area contributed by atoms with Crippen LogP contribution in [0.4, 0.5) is 10.6 Å². The second kappa shape index (κ2) is 11.2. The average molecular weight is 459 g/mol. The predicted octanol–water partition coefficient (Wildman–Crippen LogP) is 5.22. The first-order valence-corrected chi connectivity index (χ1v) is 12.1. The zero-order chi connectivity index (χ0) is 23.9. The molecule has 0 saturated carbocycles. The fraction of sp³-hybridized carbons (Fsp3) is 0.357. The number of aromatic nitrogens is 1. The van der Waals surface area contributed by atoms with Crippen molar-refractivity contribution in [3.63, 3.8) is 0 Å². The fourth-order valence-corrected chi connectivity index (χ4v) is 4.28. The zero-order valence-electron chi connectivity index (χ0n) is 20.4. The number of carbonyl (C=O) groups excluding carboxylic acids is 1. The zero-order valence-corrected chi connectivity index (χ0v) is 20.4. The third-order valence-electron chi connectivity index (χ3n) is 6.29. The van der Waals surface area contributed by atoms with Crippen molar-refractivity contribution >= 4 is 11.9 Å². The minimum absolute atomic E-state index is 0.201. The van der Waals surface area contributed by atoms with Gasteiger partial charge >= 0.3 is 6.09 Å². The van der Waals surface area contributed by atoms with Gasteiger partial charge in [-0.05, 0) is 35.9 Å². The molecule has 5 rings (SSSR count). The van der Waals surface area contributed by atoms with Crippen LogP contribution in [-0.2, 0) is 11.3 Å². The van der Waals surface area contributed by atoms with Crippen LogP contribution < -0.4 is 4.90 Å². The van der Waals surface area contributed by atoms with Gasteiger partial charge in [0, 0.05) is 44.5 Å². The monoisotopic (exact) mass is 458 g/mol. The third-order valence-corrected chi connectivity index (χ3v) is 6.29. The van der Waals surface area contributed by atoms with E-state index in [4.69, 9.17) is 9.72 Å². The summed E-state index contributed by atoms with van der Waals surface area (Å²) in [6.07, 6.45) is 1.49. The Morgan fingerprint density at radius 1 is 0.882 bits per heavy atom. The Balaban J connectivity index is 0.00000133. The molecule has 34 heavy (non-hydrogen) atoms. The molecule has 0 aliphatic carbocycles. The Bertz CT molecular complexity index is 1050. The van der Waals surface area contributed by atoms with E-state index in [9.17, 15) is 4.79 Å². The van der Waals surface area contributed by atoms with Crippen molar-refractivity contribution in [3.8, 4) is 11.1 Å². The number of likely N-dealkylation sites (N-methyl/N-ethyl adjacent to an activating group) is 1. The van der Waals surface area contributed by atoms with Crippen LogP contribution >= 0.6 is 0 Å². The van der Waals surface area contributed by atoms with E-state index in [1.807, 2.05) is 50.4 Å². The molecule has 1 amide bonds. The number of carbonyl (C=O) groups is 1. The van der Waals surface area contributed by atoms with Crippen LogP contribution in [0.25, 0.3) is 11.1 Å². The van der Waals surface area contributed by atoms with E-state index >= 15 is 0 Å². The highest BCUT2D eigenvalue weighted by Crippen LogP contribution is 2.28. The summed E-state index contributed by atoms with van der Waals surface area (Å²) in [4.78, 5) is 23.5. The summed E-state index contributed by atoms with van der Waals surface area (Å²) in [6.45, 7) is 9.29. The molecule has 1 aromatic heterocycles. The van der Waals surface area contributed by atoms with Gasteiger partial charge in [0.2, 0.25) is 0 Å². The van der Waals surface area contributed by atoms with E-state index in [2.05, 4.69) is 53.2 Å². The highest BCUT2D eigenvalue weighted by molar-refractivity contribution is 5.70. The number of ether oxygens (including phenoxy) is 1. The first-order valence-electron chi connectivity index (χ1n) is 12.1. The van der Waals surface area contributed by atoms with Crippen LogP contribution in [0.1, 0.15) is 31.1 Å². The lowest BCUT2D eigenvalue weighted by atomic mass is 10.1. The Labute approximate surface area is 202 Å². The molecule has 178 valence electrons. The summed E-state index contributed by atoms with van der Waals surface area (Å²) in [7, 11) is 2.16. The Morgan fingerprint density at radius 2 is 1.56 bits per heavy atom. The van der Waals surface area contributed by atoms with Crippen LogP contribution in [0.5, 0.6) is 0 Å². The van der Waals surface area contributed by atoms with Gasteiger partial charge in [-0.2, -0.15) is 0 Å². The highest BCUT2D eigenvalue weighted by Gasteiger charge is 2.32. The van der Waals surface area contributed by atoms with E-state index < -0.39 is 0 Å². The standard InChI is InChI=1S/C26H28N4O2.C2H6/c1-28-13-15-29(16-14-28)25-12-11-23(17-27-25)21-9-7-20(8-10-21)18-30-19-24(32-26(30)31)22-5-3-2-4-6-22;1-2/h2-12,17,24H,13-16,18-19H2,1H3;1-2H3. The number of rotatable bonds is 5. The van der Waals surface area contributed by atoms with E-state index in [1.165, 1.54) is 0 Å². The molecule has 2 aliphatic rings. The minimum atomic E-state index is -0.258. The first-order chi connectivity index (χ1) is 16.7. The van der Waals surface area contributed by atoms with Gasteiger partial charge in [0.05, 0.1) is 6.54 Å². The number of nitrogens with zero attached hydrogens (tertiary/aromatic N) is 4. The maximum Gasteiger partial charge on any atom is 0.410 e. The first kappa shape index (κ1) is 23.8. The molecule has 6 nitrogen and oxygen atoms in total. The van der Waals surface area contributed by atoms with E-state index in [-0.39, 0.29) is 12.2 Å². The number of cyclic esters (lactones) is 1. The molecule has 0 bridgehead atoms. The molecule has 0 radical (unpaired) electrons. The molecule has 3 heterocycles. The number of hydrogen-bond acceptors (Lipinski definition) is 5. The van der Waals surface area contributed by atoms with E-state index in [1.54, 1.807) is 4.90 Å². The predicted molar refractivity (Wildman–Crippen MR) is 137 cm³/mol. The second-order valence-corrected chi connectivity index (χ2v) is 8.56. The van der Waals surface area contributed by atoms with Crippen LogP contribution in [0.3, 0.4) is 0 Å². The summed E-state index contributed by atoms with van der Waals surface area (Å²) < 4.78 is 5.56. The van der Waals surface area contributed by atoms with Crippen LogP contribution in [0.2, 0.25) is 0 Å². The van der Waals surface area contributed by atoms with Crippen molar-refractivity contribution in [1.29, 1.82) is 0 Å². The van der Waals surface area contributed by atoms with Crippen molar-refractivity contribution < 1.29 is 9.53 Å². The van der Waals surface area contributed by atoms with Crippen molar-refractivity contribution in [2.75, 3.05) is 44.7 Å². The van der Waals surface area contributed by atoms with Crippen molar-refractivity contribution in [3.05, 3.63) is 84.1 Å². The van der Waals surface area contributed by atoms with Gasteiger partial charge in [-0.1, -0.05) is 68.4 Å². The molecule has 1 unspecified atom stereocenters. The summed E-state index contributed by atoms with van der Waals surface area (Å²) in [6, 6.07) is 22.5. The molecule has 2 fully saturated rings. The smallest absolute Gasteiger partial charge is 0.410 e. The lowest BCUT2D eigenvalue weighted by Crippen LogP contribution is -2.44. The molecule has 2 saturated heterocycles. The maximum atomic E-state index is 12.3. The normalized spacial score (nSPS) is 18.3. The lowest BCUT2D eigenvalue weighted by Gasteiger charge is -2.33. The number of piperazine rings is 1. The summed E-state index contributed by atoms with van der Waals surface area (Å²) >= 11 is 0. The Kier molecular flexibility index (Phi) is 7.80. The number of hydrogen-bond donors (Lipinski definition) is 0. The molecular formula is C28H34N4O2. The van der Waals surface area contributed by atoms with Crippen molar-refractivity contribution in [1.82, 2.24) is 14.8 Å². The Morgan fingerprint density at radius 3 is 2.21 bits per heavy atom. The summed E-state index contributed by atoms with van der Waals surface area (Å²) in [5.41, 5.74) is 4.34. The van der Waals surface area contributed by atoms with Gasteiger partial charge in [-0.25, -0.2) is 9.78 Å². The van der Waals surface area contributed by atoms with Crippen LogP contribution in [0, 0.1) is 0 Å². The summed E-state index contributed by atoms with van der Waals surface area (Å²) in [5, 5.41) is 0. The van der Waals surface area contributed by atoms with E-state index in [0.717, 1.165) is 54.3 Å². The molecule has 0 N–H and O–H groups in total. The van der Waals surface area contributed by atoms with Crippen molar-refractivity contribution in [2.45, 2.75) is 26.5 Å². The topological polar surface area (TPSA) is 48.9 Å². The number of pyridine rings is 1. The van der Waals surface area contributed by atoms with Crippen LogP contribution in [-0.4, -0.2) is 60.6 Å². The van der Waals surface area contributed by atoms with Crippen LogP contribution in [0.15, 0.2) is 72.9 Å². The highest BCUT2D eigenvalue weighted by atomic mass is 16.6. The maximum absolute atomic E-state index is 12.3. The molecule has 2 aliphatic heterocycles. The molecule has 2 aromatic carbocycles. The number of amides is 1. The quantitative estimate of drug-likeness (QED) is 0.525. The molecule has 0 spiro atoms. The molecule has 1 atom stereocenters. The van der Waals surface area contributed by atoms with Gasteiger partial charge in [0.1, 0.15) is 11.9 Å². The van der Waals surface area contributed by atoms with Gasteiger partial charge in [0.15, 0.2) is 0 Å². The minimum Gasteiger partial charge on any atom is -0.439 e. The van der Waals surface area contributed by atoms with Gasteiger partial charge in [-0.15, -0.1) is 0 Å². The van der Waals surface area contributed by atoms with Gasteiger partial charge < -0.3 is 14.5 Å². The SMILES string of the molecule is CC.CN1CCN(c2ccc(-c3ccc(CN4CC(c5ccccc5)OC4=O)cc3)cn2)CC1. The van der Waals surface area contributed by atoms with Gasteiger partial charge in [0.25, 0.3) is 0 Å². The largest absolute Gasteiger partial charge is 0.439 e. The third kappa shape index (κ3) is 5.57. The van der Waals surface area contributed by atoms with Crippen molar-refractivity contribution in [2.24, 2.45) is 0 Å². The molecular weight excluding hydrogens is 424 g/mol. The summed E-state index contributed by atoms with van der Waals surface area (Å²) in [5.74, 6) is 1.04. The fourth-order valence-electron chi connectivity index (χ4n) is 4.28. The second-order valence-electron chi connectivity index (χ2n) is 8.56. The Hall–Kier alpha value is -3.38. The molecule has 6 heteroatoms. The molecule has 3 aromatic rings. The number of benzene rings is 2. The average Bonchev–Trinajstić information content (AvgIpc) is 3.27. The van der Waals surface area contributed by atoms with E-state index in [0.29, 0.717) is 13.1 Å². The number of anilines is 1.